The Morgan fingerprint density at radius 3 is 1.96 bits per heavy atom. The van der Waals surface area contributed by atoms with Crippen LogP contribution in [-0.4, -0.2) is 0 Å². The van der Waals surface area contributed by atoms with E-state index in [0.717, 1.165) is 11.6 Å². The van der Waals surface area contributed by atoms with Crippen molar-refractivity contribution in [1.29, 1.82) is 0 Å². The van der Waals surface area contributed by atoms with Crippen molar-refractivity contribution in [3.8, 4) is 33.4 Å². The normalized spacial score (nSPS) is 15.0. The van der Waals surface area contributed by atoms with Crippen molar-refractivity contribution in [2.24, 2.45) is 0 Å². The van der Waals surface area contributed by atoms with Gasteiger partial charge in [-0.25, -0.2) is 0 Å². The van der Waals surface area contributed by atoms with Gasteiger partial charge in [0.25, 0.3) is 0 Å². The monoisotopic (exact) mass is 687 g/mol. The molecule has 0 unspecified atom stereocenters. The van der Waals surface area contributed by atoms with Crippen LogP contribution < -0.4 is 4.90 Å². The fourth-order valence-corrected chi connectivity index (χ4v) is 9.39. The highest BCUT2D eigenvalue weighted by Gasteiger charge is 2.37. The van der Waals surface area contributed by atoms with Gasteiger partial charge in [0.2, 0.25) is 0 Å². The average Bonchev–Trinajstić information content (AvgIpc) is 3.44. The van der Waals surface area contributed by atoms with Crippen LogP contribution >= 0.6 is 0 Å². The van der Waals surface area contributed by atoms with E-state index in [0.29, 0.717) is 5.92 Å². The molecule has 1 heteroatoms. The molecule has 0 aliphatic heterocycles. The lowest BCUT2D eigenvalue weighted by Crippen LogP contribution is -2.17. The van der Waals surface area contributed by atoms with Gasteiger partial charge in [0, 0.05) is 22.4 Å². The lowest BCUT2D eigenvalue weighted by molar-refractivity contribution is 0.443. The van der Waals surface area contributed by atoms with Gasteiger partial charge in [0.15, 0.2) is 0 Å². The van der Waals surface area contributed by atoms with E-state index in [2.05, 4.69) is 184 Å². The van der Waals surface area contributed by atoms with Crippen molar-refractivity contribution in [2.75, 3.05) is 4.90 Å². The number of anilines is 3. The predicted molar refractivity (Wildman–Crippen MR) is 227 cm³/mol. The van der Waals surface area contributed by atoms with Crippen LogP contribution in [0.4, 0.5) is 17.1 Å². The van der Waals surface area contributed by atoms with Gasteiger partial charge >= 0.3 is 0 Å². The third kappa shape index (κ3) is 5.88. The molecular weight excluding hydrogens is 639 g/mol. The summed E-state index contributed by atoms with van der Waals surface area (Å²) >= 11 is 0. The summed E-state index contributed by atoms with van der Waals surface area (Å²) in [5.41, 5.74) is 16.9. The molecule has 9 rings (SSSR count). The van der Waals surface area contributed by atoms with Gasteiger partial charge in [-0.3, -0.25) is 0 Å². The van der Waals surface area contributed by atoms with Crippen molar-refractivity contribution in [1.82, 2.24) is 0 Å². The van der Waals surface area contributed by atoms with E-state index in [1.807, 2.05) is 0 Å². The van der Waals surface area contributed by atoms with Crippen LogP contribution in [0.2, 0.25) is 0 Å². The highest BCUT2D eigenvalue weighted by molar-refractivity contribution is 6.05. The number of hydrogen-bond acceptors (Lipinski definition) is 1. The van der Waals surface area contributed by atoms with Crippen molar-refractivity contribution in [3.05, 3.63) is 174 Å². The molecular formula is C52H49N. The molecule has 7 aromatic rings. The first-order valence-corrected chi connectivity index (χ1v) is 19.7. The van der Waals surface area contributed by atoms with Gasteiger partial charge < -0.3 is 4.90 Å². The van der Waals surface area contributed by atoms with Gasteiger partial charge in [-0.15, -0.1) is 0 Å². The molecule has 2 aliphatic rings. The van der Waals surface area contributed by atoms with Gasteiger partial charge in [-0.2, -0.15) is 0 Å². The Morgan fingerprint density at radius 1 is 0.547 bits per heavy atom. The summed E-state index contributed by atoms with van der Waals surface area (Å²) in [5, 5.41) is 2.50. The van der Waals surface area contributed by atoms with E-state index in [4.69, 9.17) is 0 Å². The smallest absolute Gasteiger partial charge is 0.0546 e. The van der Waals surface area contributed by atoms with Gasteiger partial charge in [0.05, 0.1) is 5.69 Å². The highest BCUT2D eigenvalue weighted by atomic mass is 15.1. The molecule has 1 fully saturated rings. The first-order chi connectivity index (χ1) is 25.9. The maximum absolute atomic E-state index is 2.49. The summed E-state index contributed by atoms with van der Waals surface area (Å²) in [7, 11) is 0. The Hall–Kier alpha value is -5.40. The molecule has 0 N–H and O–H groups in total. The zero-order valence-corrected chi connectivity index (χ0v) is 31.6. The molecule has 1 nitrogen and oxygen atoms in total. The van der Waals surface area contributed by atoms with Crippen LogP contribution in [0.5, 0.6) is 0 Å². The molecule has 1 saturated carbocycles. The molecule has 53 heavy (non-hydrogen) atoms. The van der Waals surface area contributed by atoms with Crippen LogP contribution in [0.3, 0.4) is 0 Å². The lowest BCUT2D eigenvalue weighted by Gasteiger charge is -2.30. The van der Waals surface area contributed by atoms with Crippen LogP contribution in [0.15, 0.2) is 152 Å². The quantitative estimate of drug-likeness (QED) is 0.161. The third-order valence-corrected chi connectivity index (χ3v) is 12.3. The molecule has 2 aliphatic carbocycles. The summed E-state index contributed by atoms with van der Waals surface area (Å²) in [6.45, 7) is 9.43. The summed E-state index contributed by atoms with van der Waals surface area (Å²) in [6, 6.07) is 57.1. The number of nitrogens with zero attached hydrogens (tertiary/aromatic N) is 1. The number of rotatable bonds is 7. The molecule has 0 radical (unpaired) electrons. The molecule has 0 heterocycles. The van der Waals surface area contributed by atoms with Crippen molar-refractivity contribution in [3.63, 3.8) is 0 Å². The predicted octanol–water partition coefficient (Wildman–Crippen LogP) is 15.1. The second kappa shape index (κ2) is 13.5. The number of fused-ring (bicyclic) bond motifs is 4. The molecule has 262 valence electrons. The van der Waals surface area contributed by atoms with Crippen LogP contribution in [0.25, 0.3) is 44.2 Å². The fourth-order valence-electron chi connectivity index (χ4n) is 9.39. The Bertz CT molecular complexity index is 2410. The molecule has 0 spiro atoms. The first-order valence-electron chi connectivity index (χ1n) is 19.7. The summed E-state index contributed by atoms with van der Waals surface area (Å²) < 4.78 is 0. The Balaban J connectivity index is 1.20. The van der Waals surface area contributed by atoms with E-state index in [1.54, 1.807) is 0 Å². The lowest BCUT2D eigenvalue weighted by atomic mass is 9.81. The highest BCUT2D eigenvalue weighted by Crippen LogP contribution is 2.53. The summed E-state index contributed by atoms with van der Waals surface area (Å²) in [4.78, 5) is 2.49. The van der Waals surface area contributed by atoms with Crippen LogP contribution in [0.1, 0.15) is 93.9 Å². The maximum Gasteiger partial charge on any atom is 0.0546 e. The molecule has 0 atom stereocenters. The molecule has 0 saturated heterocycles. The molecule has 0 aromatic heterocycles. The van der Waals surface area contributed by atoms with E-state index in [1.165, 1.54) is 110 Å². The fraction of sp³-hybridized carbons (Fsp3) is 0.231. The van der Waals surface area contributed by atoms with E-state index in [-0.39, 0.29) is 5.41 Å². The minimum absolute atomic E-state index is 0.115. The minimum Gasteiger partial charge on any atom is -0.310 e. The number of hydrogen-bond donors (Lipinski definition) is 0. The summed E-state index contributed by atoms with van der Waals surface area (Å²) in [5.74, 6) is 1.17. The van der Waals surface area contributed by atoms with Crippen LogP contribution in [-0.2, 0) is 5.41 Å². The zero-order chi connectivity index (χ0) is 36.1. The standard InChI is InChI=1S/C52H49N/c1-35(2)44-20-13-21-47-51(44)46-32-31-43(34-48(46)52(47,3)4)53(49-33-28-40-16-11-12-19-45(40)50(49)41-17-9-6-10-18-41)42-29-26-39(27-30-42)38-24-22-37(23-25-38)36-14-7-5-8-15-36/h6,9-13,16-36H,5,7-8,14-15H2,1-4H3. The van der Waals surface area contributed by atoms with Crippen molar-refractivity contribution >= 4 is 27.8 Å². The van der Waals surface area contributed by atoms with Crippen molar-refractivity contribution < 1.29 is 0 Å². The Labute approximate surface area is 316 Å². The second-order valence-corrected chi connectivity index (χ2v) is 16.2. The Morgan fingerprint density at radius 2 is 1.23 bits per heavy atom. The zero-order valence-electron chi connectivity index (χ0n) is 31.6. The van der Waals surface area contributed by atoms with Crippen molar-refractivity contribution in [2.45, 2.75) is 77.0 Å². The maximum atomic E-state index is 2.49. The van der Waals surface area contributed by atoms with Gasteiger partial charge in [-0.05, 0) is 116 Å². The molecule has 0 bridgehead atoms. The van der Waals surface area contributed by atoms with E-state index in [9.17, 15) is 0 Å². The van der Waals surface area contributed by atoms with Crippen LogP contribution in [0, 0.1) is 0 Å². The van der Waals surface area contributed by atoms with Gasteiger partial charge in [-0.1, -0.05) is 168 Å². The van der Waals surface area contributed by atoms with E-state index < -0.39 is 0 Å². The second-order valence-electron chi connectivity index (χ2n) is 16.2. The topological polar surface area (TPSA) is 3.24 Å². The SMILES string of the molecule is CC(C)c1cccc2c1-c1ccc(N(c3ccc(-c4ccc(C5CCCCC5)cc4)cc3)c3ccc4ccccc4c3-c3ccccc3)cc1C2(C)C. The van der Waals surface area contributed by atoms with E-state index >= 15 is 0 Å². The average molecular weight is 688 g/mol. The van der Waals surface area contributed by atoms with Gasteiger partial charge in [0.1, 0.15) is 0 Å². The first kappa shape index (κ1) is 33.4. The number of benzene rings is 7. The minimum atomic E-state index is -0.115. The largest absolute Gasteiger partial charge is 0.310 e. The summed E-state index contributed by atoms with van der Waals surface area (Å²) in [6.07, 6.45) is 6.77. The molecule has 0 amide bonds. The Kier molecular flexibility index (Phi) is 8.54. The molecule has 7 aromatic carbocycles. The third-order valence-electron chi connectivity index (χ3n) is 12.3.